The van der Waals surface area contributed by atoms with Crippen LogP contribution in [0.15, 0.2) is 42.5 Å². The molecule has 0 bridgehead atoms. The van der Waals surface area contributed by atoms with Crippen LogP contribution >= 0.6 is 0 Å². The zero-order valence-corrected chi connectivity index (χ0v) is 19.2. The van der Waals surface area contributed by atoms with Gasteiger partial charge in [0.2, 0.25) is 5.91 Å². The van der Waals surface area contributed by atoms with Gasteiger partial charge in [0, 0.05) is 49.7 Å². The molecule has 2 N–H and O–H groups in total. The van der Waals surface area contributed by atoms with Crippen LogP contribution in [0.5, 0.6) is 0 Å². The van der Waals surface area contributed by atoms with Crippen LogP contribution < -0.4 is 15.5 Å². The number of carbonyl (C=O) groups excluding carboxylic acids is 2. The molecule has 2 aromatic carbocycles. The fourth-order valence-corrected chi connectivity index (χ4v) is 3.11. The SMILES string of the molecule is CC[C@@H](C)N(Cc1cc(NC(=O)C(C)C)ccc1N(C)C)C(=O)Nc1cccc(F)c1. The Morgan fingerprint density at radius 3 is 2.26 bits per heavy atom. The summed E-state index contributed by atoms with van der Waals surface area (Å²) in [5, 5.41) is 5.71. The highest BCUT2D eigenvalue weighted by Crippen LogP contribution is 2.26. The van der Waals surface area contributed by atoms with Crippen molar-refractivity contribution in [2.75, 3.05) is 29.6 Å². The quantitative estimate of drug-likeness (QED) is 0.598. The van der Waals surface area contributed by atoms with Crippen LogP contribution in [0.25, 0.3) is 0 Å². The lowest BCUT2D eigenvalue weighted by molar-refractivity contribution is -0.118. The van der Waals surface area contributed by atoms with Crippen molar-refractivity contribution in [3.05, 3.63) is 53.8 Å². The Labute approximate surface area is 184 Å². The van der Waals surface area contributed by atoms with E-state index < -0.39 is 5.82 Å². The molecule has 0 fully saturated rings. The molecule has 6 nitrogen and oxygen atoms in total. The molecule has 0 aliphatic carbocycles. The zero-order chi connectivity index (χ0) is 23.1. The topological polar surface area (TPSA) is 64.7 Å². The van der Waals surface area contributed by atoms with E-state index in [4.69, 9.17) is 0 Å². The molecule has 0 saturated carbocycles. The first kappa shape index (κ1) is 24.2. The van der Waals surface area contributed by atoms with Gasteiger partial charge in [0.05, 0.1) is 0 Å². The maximum absolute atomic E-state index is 13.5. The second-order valence-electron chi connectivity index (χ2n) is 8.21. The number of amides is 3. The number of hydrogen-bond donors (Lipinski definition) is 2. The van der Waals surface area contributed by atoms with Gasteiger partial charge in [-0.05, 0) is 55.3 Å². The molecule has 0 unspecified atom stereocenters. The van der Waals surface area contributed by atoms with Gasteiger partial charge in [-0.1, -0.05) is 26.8 Å². The predicted octanol–water partition coefficient (Wildman–Crippen LogP) is 5.32. The molecule has 7 heteroatoms. The van der Waals surface area contributed by atoms with Crippen LogP contribution in [-0.2, 0) is 11.3 Å². The second-order valence-corrected chi connectivity index (χ2v) is 8.21. The van der Waals surface area contributed by atoms with Gasteiger partial charge in [-0.2, -0.15) is 0 Å². The zero-order valence-electron chi connectivity index (χ0n) is 19.2. The number of carbonyl (C=O) groups is 2. The lowest BCUT2D eigenvalue weighted by Gasteiger charge is -2.31. The summed E-state index contributed by atoms with van der Waals surface area (Å²) in [4.78, 5) is 28.9. The van der Waals surface area contributed by atoms with Crippen molar-refractivity contribution in [1.82, 2.24) is 4.90 Å². The van der Waals surface area contributed by atoms with E-state index in [9.17, 15) is 14.0 Å². The Morgan fingerprint density at radius 2 is 1.68 bits per heavy atom. The monoisotopic (exact) mass is 428 g/mol. The van der Waals surface area contributed by atoms with Crippen molar-refractivity contribution < 1.29 is 14.0 Å². The number of nitrogens with zero attached hydrogens (tertiary/aromatic N) is 2. The Balaban J connectivity index is 2.33. The summed E-state index contributed by atoms with van der Waals surface area (Å²) >= 11 is 0. The van der Waals surface area contributed by atoms with Crippen LogP contribution in [-0.4, -0.2) is 37.0 Å². The molecule has 0 radical (unpaired) electrons. The maximum Gasteiger partial charge on any atom is 0.322 e. The second kappa shape index (κ2) is 10.8. The van der Waals surface area contributed by atoms with E-state index in [-0.39, 0.29) is 23.9 Å². The van der Waals surface area contributed by atoms with Crippen LogP contribution in [0.3, 0.4) is 0 Å². The molecule has 2 rings (SSSR count). The van der Waals surface area contributed by atoms with Crippen LogP contribution in [0, 0.1) is 11.7 Å². The molecule has 168 valence electrons. The highest BCUT2D eigenvalue weighted by atomic mass is 19.1. The third kappa shape index (κ3) is 6.70. The molecule has 3 amide bonds. The lowest BCUT2D eigenvalue weighted by Crippen LogP contribution is -2.41. The van der Waals surface area contributed by atoms with Crippen LogP contribution in [0.2, 0.25) is 0 Å². The molecule has 2 aromatic rings. The first-order valence-corrected chi connectivity index (χ1v) is 10.6. The van der Waals surface area contributed by atoms with E-state index >= 15 is 0 Å². The van der Waals surface area contributed by atoms with Crippen molar-refractivity contribution in [3.63, 3.8) is 0 Å². The van der Waals surface area contributed by atoms with Crippen molar-refractivity contribution >= 4 is 29.0 Å². The predicted molar refractivity (Wildman–Crippen MR) is 125 cm³/mol. The minimum absolute atomic E-state index is 0.0440. The Kier molecular flexibility index (Phi) is 8.42. The summed E-state index contributed by atoms with van der Waals surface area (Å²) < 4.78 is 13.5. The van der Waals surface area contributed by atoms with E-state index in [1.807, 2.05) is 64.9 Å². The van der Waals surface area contributed by atoms with Crippen molar-refractivity contribution in [2.24, 2.45) is 5.92 Å². The van der Waals surface area contributed by atoms with Gasteiger partial charge >= 0.3 is 6.03 Å². The highest BCUT2D eigenvalue weighted by Gasteiger charge is 2.22. The lowest BCUT2D eigenvalue weighted by atomic mass is 10.1. The molecule has 0 spiro atoms. The highest BCUT2D eigenvalue weighted by molar-refractivity contribution is 5.92. The van der Waals surface area contributed by atoms with Crippen molar-refractivity contribution in [1.29, 1.82) is 0 Å². The maximum atomic E-state index is 13.5. The van der Waals surface area contributed by atoms with E-state index in [1.165, 1.54) is 12.1 Å². The van der Waals surface area contributed by atoms with E-state index in [0.717, 1.165) is 17.7 Å². The van der Waals surface area contributed by atoms with Gasteiger partial charge < -0.3 is 20.4 Å². The van der Waals surface area contributed by atoms with Gasteiger partial charge in [0.15, 0.2) is 0 Å². The molecule has 0 aliphatic heterocycles. The molecule has 0 aliphatic rings. The summed E-state index contributed by atoms with van der Waals surface area (Å²) in [6, 6.07) is 11.2. The summed E-state index contributed by atoms with van der Waals surface area (Å²) in [5.74, 6) is -0.604. The number of anilines is 3. The Hall–Kier alpha value is -3.09. The number of urea groups is 1. The summed E-state index contributed by atoms with van der Waals surface area (Å²) in [6.07, 6.45) is 0.762. The fraction of sp³-hybridized carbons (Fsp3) is 0.417. The Bertz CT molecular complexity index is 914. The summed E-state index contributed by atoms with van der Waals surface area (Å²) in [5.41, 5.74) is 2.95. The molecule has 0 aromatic heterocycles. The third-order valence-electron chi connectivity index (χ3n) is 5.15. The number of rotatable bonds is 8. The molecule has 1 atom stereocenters. The fourth-order valence-electron chi connectivity index (χ4n) is 3.11. The molecule has 0 saturated heterocycles. The van der Waals surface area contributed by atoms with E-state index in [2.05, 4.69) is 10.6 Å². The molecular weight excluding hydrogens is 395 g/mol. The summed E-state index contributed by atoms with van der Waals surface area (Å²) in [6.45, 7) is 8.01. The number of hydrogen-bond acceptors (Lipinski definition) is 3. The minimum atomic E-state index is -0.406. The largest absolute Gasteiger partial charge is 0.377 e. The number of halogens is 1. The molecular formula is C24H33FN4O2. The standard InChI is InChI=1S/C24H33FN4O2/c1-7-17(4)29(24(31)27-20-10-8-9-19(25)14-20)15-18-13-21(26-23(30)16(2)3)11-12-22(18)28(5)6/h8-14,16-17H,7,15H2,1-6H3,(H,26,30)(H,27,31)/t17-/m1/s1. The Morgan fingerprint density at radius 1 is 1.00 bits per heavy atom. The van der Waals surface area contributed by atoms with Crippen molar-refractivity contribution in [3.8, 4) is 0 Å². The smallest absolute Gasteiger partial charge is 0.322 e. The number of benzene rings is 2. The van der Waals surface area contributed by atoms with Crippen LogP contribution in [0.1, 0.15) is 39.7 Å². The van der Waals surface area contributed by atoms with Gasteiger partial charge in [0.1, 0.15) is 5.82 Å². The van der Waals surface area contributed by atoms with Crippen LogP contribution in [0.4, 0.5) is 26.2 Å². The normalized spacial score (nSPS) is 11.7. The summed E-state index contributed by atoms with van der Waals surface area (Å²) in [7, 11) is 3.87. The average molecular weight is 429 g/mol. The minimum Gasteiger partial charge on any atom is -0.377 e. The van der Waals surface area contributed by atoms with Gasteiger partial charge in [-0.3, -0.25) is 4.79 Å². The first-order chi connectivity index (χ1) is 14.6. The van der Waals surface area contributed by atoms with E-state index in [0.29, 0.717) is 17.9 Å². The van der Waals surface area contributed by atoms with E-state index in [1.54, 1.807) is 17.0 Å². The number of nitrogens with one attached hydrogen (secondary N) is 2. The van der Waals surface area contributed by atoms with Gasteiger partial charge in [0.25, 0.3) is 0 Å². The third-order valence-corrected chi connectivity index (χ3v) is 5.15. The first-order valence-electron chi connectivity index (χ1n) is 10.6. The molecule has 0 heterocycles. The van der Waals surface area contributed by atoms with Crippen molar-refractivity contribution in [2.45, 2.75) is 46.7 Å². The average Bonchev–Trinajstić information content (AvgIpc) is 2.71. The molecule has 31 heavy (non-hydrogen) atoms. The van der Waals surface area contributed by atoms with Gasteiger partial charge in [-0.15, -0.1) is 0 Å². The van der Waals surface area contributed by atoms with Gasteiger partial charge in [-0.25, -0.2) is 9.18 Å².